The van der Waals surface area contributed by atoms with Crippen molar-refractivity contribution in [2.24, 2.45) is 0 Å². The number of carbonyl (C=O) groups is 1. The Morgan fingerprint density at radius 1 is 1.12 bits per heavy atom. The normalized spacial score (nSPS) is 10.3. The van der Waals surface area contributed by atoms with Crippen molar-refractivity contribution in [2.75, 3.05) is 10.6 Å². The zero-order valence-corrected chi connectivity index (χ0v) is 14.3. The minimum atomic E-state index is -0.325. The van der Waals surface area contributed by atoms with E-state index in [1.165, 1.54) is 6.33 Å². The molecule has 0 saturated heterocycles. The molecule has 0 bridgehead atoms. The van der Waals surface area contributed by atoms with Crippen LogP contribution < -0.4 is 10.6 Å². The van der Waals surface area contributed by atoms with E-state index >= 15 is 0 Å². The van der Waals surface area contributed by atoms with E-state index in [-0.39, 0.29) is 11.6 Å². The van der Waals surface area contributed by atoms with Gasteiger partial charge in [-0.05, 0) is 36.8 Å². The van der Waals surface area contributed by atoms with Crippen molar-refractivity contribution in [3.05, 3.63) is 77.0 Å². The summed E-state index contributed by atoms with van der Waals surface area (Å²) < 4.78 is 0. The summed E-state index contributed by atoms with van der Waals surface area (Å²) in [5, 5.41) is 6.50. The summed E-state index contributed by atoms with van der Waals surface area (Å²) >= 11 is 5.98. The van der Waals surface area contributed by atoms with Gasteiger partial charge in [0.2, 0.25) is 0 Å². The Hall–Kier alpha value is -2.99. The molecule has 2 aromatic heterocycles. The van der Waals surface area contributed by atoms with Crippen LogP contribution in [0.2, 0.25) is 5.02 Å². The lowest BCUT2D eigenvalue weighted by Crippen LogP contribution is -2.15. The van der Waals surface area contributed by atoms with Gasteiger partial charge >= 0.3 is 0 Å². The van der Waals surface area contributed by atoms with Crippen molar-refractivity contribution in [1.29, 1.82) is 0 Å². The summed E-state index contributed by atoms with van der Waals surface area (Å²) in [6.07, 6.45) is 3.07. The molecule has 0 aliphatic heterocycles. The largest absolute Gasteiger partial charge is 0.364 e. The van der Waals surface area contributed by atoms with Crippen LogP contribution in [0.15, 0.2) is 55.0 Å². The zero-order chi connectivity index (χ0) is 17.6. The Morgan fingerprint density at radius 2 is 2.00 bits per heavy atom. The smallest absolute Gasteiger partial charge is 0.274 e. The monoisotopic (exact) mass is 353 g/mol. The molecular weight excluding hydrogens is 338 g/mol. The summed E-state index contributed by atoms with van der Waals surface area (Å²) in [4.78, 5) is 24.8. The van der Waals surface area contributed by atoms with Gasteiger partial charge in [0.1, 0.15) is 17.8 Å². The maximum absolute atomic E-state index is 12.4. The van der Waals surface area contributed by atoms with Gasteiger partial charge in [-0.1, -0.05) is 23.7 Å². The lowest BCUT2D eigenvalue weighted by molar-refractivity contribution is 0.102. The standard InChI is InChI=1S/C18H16ClN5O/c1-12-5-6-13(19)8-15(12)24-18(25)16-9-17(23-11-22-16)21-10-14-4-2-3-7-20-14/h2-9,11H,10H2,1H3,(H,24,25)(H,21,22,23). The molecule has 0 atom stereocenters. The first kappa shape index (κ1) is 16.9. The molecule has 0 aliphatic rings. The van der Waals surface area contributed by atoms with E-state index < -0.39 is 0 Å². The van der Waals surface area contributed by atoms with Crippen molar-refractivity contribution in [1.82, 2.24) is 15.0 Å². The van der Waals surface area contributed by atoms with Gasteiger partial charge in [0.15, 0.2) is 0 Å². The highest BCUT2D eigenvalue weighted by molar-refractivity contribution is 6.31. The molecule has 126 valence electrons. The van der Waals surface area contributed by atoms with Crippen LogP contribution in [-0.4, -0.2) is 20.9 Å². The quantitative estimate of drug-likeness (QED) is 0.731. The average molecular weight is 354 g/mol. The number of amides is 1. The van der Waals surface area contributed by atoms with Crippen LogP contribution in [0.4, 0.5) is 11.5 Å². The number of aryl methyl sites for hydroxylation is 1. The minimum absolute atomic E-state index is 0.262. The summed E-state index contributed by atoms with van der Waals surface area (Å²) in [6.45, 7) is 2.40. The van der Waals surface area contributed by atoms with Crippen LogP contribution in [-0.2, 0) is 6.54 Å². The van der Waals surface area contributed by atoms with Crippen molar-refractivity contribution >= 4 is 29.0 Å². The van der Waals surface area contributed by atoms with Gasteiger partial charge in [-0.2, -0.15) is 0 Å². The zero-order valence-electron chi connectivity index (χ0n) is 13.5. The van der Waals surface area contributed by atoms with Gasteiger partial charge in [0.25, 0.3) is 5.91 Å². The fourth-order valence-corrected chi connectivity index (χ4v) is 2.35. The van der Waals surface area contributed by atoms with Crippen LogP contribution in [0.25, 0.3) is 0 Å². The number of nitrogens with zero attached hydrogens (tertiary/aromatic N) is 3. The molecule has 0 spiro atoms. The molecule has 0 saturated carbocycles. The van der Waals surface area contributed by atoms with E-state index in [0.29, 0.717) is 23.1 Å². The van der Waals surface area contributed by atoms with E-state index in [0.717, 1.165) is 11.3 Å². The van der Waals surface area contributed by atoms with Crippen LogP contribution in [0.5, 0.6) is 0 Å². The summed E-state index contributed by atoms with van der Waals surface area (Å²) in [7, 11) is 0. The Morgan fingerprint density at radius 3 is 2.80 bits per heavy atom. The second-order valence-corrected chi connectivity index (χ2v) is 5.81. The summed E-state index contributed by atoms with van der Waals surface area (Å²) in [6, 6.07) is 12.6. The Bertz CT molecular complexity index is 886. The number of benzene rings is 1. The number of carbonyl (C=O) groups excluding carboxylic acids is 1. The minimum Gasteiger partial charge on any atom is -0.364 e. The van der Waals surface area contributed by atoms with E-state index in [2.05, 4.69) is 25.6 Å². The number of pyridine rings is 1. The Kier molecular flexibility index (Phi) is 5.20. The summed E-state index contributed by atoms with van der Waals surface area (Å²) in [5.41, 5.74) is 2.71. The third-order valence-corrected chi connectivity index (χ3v) is 3.76. The number of halogens is 1. The molecule has 25 heavy (non-hydrogen) atoms. The van der Waals surface area contributed by atoms with E-state index in [1.54, 1.807) is 24.4 Å². The predicted molar refractivity (Wildman–Crippen MR) is 97.7 cm³/mol. The predicted octanol–water partition coefficient (Wildman–Crippen LogP) is 3.70. The van der Waals surface area contributed by atoms with Crippen molar-refractivity contribution in [3.8, 4) is 0 Å². The highest BCUT2D eigenvalue weighted by Crippen LogP contribution is 2.20. The third-order valence-electron chi connectivity index (χ3n) is 3.52. The lowest BCUT2D eigenvalue weighted by Gasteiger charge is -2.09. The third kappa shape index (κ3) is 4.51. The maximum atomic E-state index is 12.4. The topological polar surface area (TPSA) is 79.8 Å². The molecule has 1 amide bonds. The maximum Gasteiger partial charge on any atom is 0.274 e. The molecule has 6 nitrogen and oxygen atoms in total. The first-order valence-electron chi connectivity index (χ1n) is 7.65. The highest BCUT2D eigenvalue weighted by atomic mass is 35.5. The van der Waals surface area contributed by atoms with E-state index in [4.69, 9.17) is 11.6 Å². The van der Waals surface area contributed by atoms with Gasteiger partial charge in [-0.25, -0.2) is 9.97 Å². The van der Waals surface area contributed by atoms with Crippen LogP contribution in [0.3, 0.4) is 0 Å². The number of nitrogens with one attached hydrogen (secondary N) is 2. The van der Waals surface area contributed by atoms with Gasteiger partial charge in [0, 0.05) is 23.0 Å². The molecule has 7 heteroatoms. The SMILES string of the molecule is Cc1ccc(Cl)cc1NC(=O)c1cc(NCc2ccccn2)ncn1. The van der Waals surface area contributed by atoms with Crippen molar-refractivity contribution < 1.29 is 4.79 Å². The second kappa shape index (κ2) is 7.72. The number of aromatic nitrogens is 3. The van der Waals surface area contributed by atoms with Gasteiger partial charge < -0.3 is 10.6 Å². The number of hydrogen-bond donors (Lipinski definition) is 2. The molecule has 3 rings (SSSR count). The van der Waals surface area contributed by atoms with Crippen molar-refractivity contribution in [3.63, 3.8) is 0 Å². The van der Waals surface area contributed by atoms with E-state index in [9.17, 15) is 4.79 Å². The molecule has 3 aromatic rings. The fourth-order valence-electron chi connectivity index (χ4n) is 2.18. The summed E-state index contributed by atoms with van der Waals surface area (Å²) in [5.74, 6) is 0.224. The molecule has 0 aliphatic carbocycles. The highest BCUT2D eigenvalue weighted by Gasteiger charge is 2.11. The molecule has 0 fully saturated rings. The lowest BCUT2D eigenvalue weighted by atomic mass is 10.2. The molecular formula is C18H16ClN5O. The number of rotatable bonds is 5. The van der Waals surface area contributed by atoms with Crippen LogP contribution >= 0.6 is 11.6 Å². The van der Waals surface area contributed by atoms with E-state index in [1.807, 2.05) is 31.2 Å². The van der Waals surface area contributed by atoms with Crippen molar-refractivity contribution in [2.45, 2.75) is 13.5 Å². The molecule has 1 aromatic carbocycles. The molecule has 2 heterocycles. The van der Waals surface area contributed by atoms with Gasteiger partial charge in [-0.15, -0.1) is 0 Å². The first-order valence-corrected chi connectivity index (χ1v) is 8.03. The molecule has 0 unspecified atom stereocenters. The fraction of sp³-hybridized carbons (Fsp3) is 0.111. The van der Waals surface area contributed by atoms with Gasteiger partial charge in [0.05, 0.1) is 12.2 Å². The first-order chi connectivity index (χ1) is 12.1. The molecule has 0 radical (unpaired) electrons. The Labute approximate surface area is 150 Å². The molecule has 2 N–H and O–H groups in total. The average Bonchev–Trinajstić information content (AvgIpc) is 2.64. The second-order valence-electron chi connectivity index (χ2n) is 5.38. The van der Waals surface area contributed by atoms with Crippen LogP contribution in [0.1, 0.15) is 21.7 Å². The number of hydrogen-bond acceptors (Lipinski definition) is 5. The van der Waals surface area contributed by atoms with Crippen LogP contribution in [0, 0.1) is 6.92 Å². The Balaban J connectivity index is 1.70. The van der Waals surface area contributed by atoms with Gasteiger partial charge in [-0.3, -0.25) is 9.78 Å². The number of anilines is 2.